The lowest BCUT2D eigenvalue weighted by atomic mass is 10.1. The van der Waals surface area contributed by atoms with Crippen LogP contribution in [0.2, 0.25) is 0 Å². The van der Waals surface area contributed by atoms with E-state index in [2.05, 4.69) is 22.3 Å². The standard InChI is InChI=1S/C23H26N2O4/c1-16-20-13-19(27-2)7-8-21(20)29-22(16)23(26)24-14-17-5-3-4-6-18(17)15-25-9-11-28-12-10-25/h3-8,13H,9-12,14-15H2,1-2H3,(H,24,26). The van der Waals surface area contributed by atoms with Crippen LogP contribution in [0.25, 0.3) is 11.0 Å². The minimum atomic E-state index is -0.209. The van der Waals surface area contributed by atoms with Gasteiger partial charge in [0, 0.05) is 37.1 Å². The van der Waals surface area contributed by atoms with E-state index in [1.54, 1.807) is 7.11 Å². The van der Waals surface area contributed by atoms with E-state index in [0.717, 1.165) is 55.1 Å². The minimum Gasteiger partial charge on any atom is -0.497 e. The molecule has 0 radical (unpaired) electrons. The molecule has 0 atom stereocenters. The van der Waals surface area contributed by atoms with Crippen LogP contribution in [0.3, 0.4) is 0 Å². The average Bonchev–Trinajstić information content (AvgIpc) is 3.09. The van der Waals surface area contributed by atoms with Crippen molar-refractivity contribution in [3.8, 4) is 5.75 Å². The van der Waals surface area contributed by atoms with Gasteiger partial charge in [-0.05, 0) is 36.2 Å². The number of aryl methyl sites for hydroxylation is 1. The first kappa shape index (κ1) is 19.5. The first-order chi connectivity index (χ1) is 14.2. The highest BCUT2D eigenvalue weighted by atomic mass is 16.5. The molecule has 2 heterocycles. The van der Waals surface area contributed by atoms with Crippen LogP contribution >= 0.6 is 0 Å². The molecule has 4 rings (SSSR count). The van der Waals surface area contributed by atoms with Gasteiger partial charge in [0.05, 0.1) is 20.3 Å². The highest BCUT2D eigenvalue weighted by Crippen LogP contribution is 2.28. The van der Waals surface area contributed by atoms with E-state index < -0.39 is 0 Å². The van der Waals surface area contributed by atoms with Gasteiger partial charge >= 0.3 is 0 Å². The Balaban J connectivity index is 1.47. The van der Waals surface area contributed by atoms with Crippen molar-refractivity contribution in [2.75, 3.05) is 33.4 Å². The number of nitrogens with zero attached hydrogens (tertiary/aromatic N) is 1. The summed E-state index contributed by atoms with van der Waals surface area (Å²) < 4.78 is 16.5. The molecule has 0 bridgehead atoms. The van der Waals surface area contributed by atoms with Gasteiger partial charge in [-0.2, -0.15) is 0 Å². The lowest BCUT2D eigenvalue weighted by Crippen LogP contribution is -2.36. The predicted octanol–water partition coefficient (Wildman–Crippen LogP) is 3.51. The SMILES string of the molecule is COc1ccc2oc(C(=O)NCc3ccccc3CN3CCOCC3)c(C)c2c1. The number of furan rings is 1. The normalized spacial score (nSPS) is 14.8. The number of hydrogen-bond donors (Lipinski definition) is 1. The molecule has 1 saturated heterocycles. The molecule has 1 amide bonds. The molecule has 6 heteroatoms. The predicted molar refractivity (Wildman–Crippen MR) is 111 cm³/mol. The molecule has 1 aromatic heterocycles. The summed E-state index contributed by atoms with van der Waals surface area (Å²) in [6, 6.07) is 13.8. The summed E-state index contributed by atoms with van der Waals surface area (Å²) in [6.45, 7) is 6.62. The molecule has 2 aromatic carbocycles. The number of benzene rings is 2. The average molecular weight is 394 g/mol. The number of rotatable bonds is 6. The minimum absolute atomic E-state index is 0.209. The summed E-state index contributed by atoms with van der Waals surface area (Å²) in [5, 5.41) is 3.91. The summed E-state index contributed by atoms with van der Waals surface area (Å²) in [4.78, 5) is 15.2. The molecule has 3 aromatic rings. The molecule has 29 heavy (non-hydrogen) atoms. The number of methoxy groups -OCH3 is 1. The van der Waals surface area contributed by atoms with Crippen molar-refractivity contribution in [3.05, 3.63) is 64.9 Å². The first-order valence-corrected chi connectivity index (χ1v) is 9.88. The summed E-state index contributed by atoms with van der Waals surface area (Å²) >= 11 is 0. The Hall–Kier alpha value is -2.83. The summed E-state index contributed by atoms with van der Waals surface area (Å²) in [5.74, 6) is 0.878. The van der Waals surface area contributed by atoms with Gasteiger partial charge in [-0.3, -0.25) is 9.69 Å². The van der Waals surface area contributed by atoms with E-state index in [1.165, 1.54) is 5.56 Å². The number of ether oxygens (including phenoxy) is 2. The third kappa shape index (κ3) is 4.28. The number of morpholine rings is 1. The van der Waals surface area contributed by atoms with Crippen molar-refractivity contribution in [1.29, 1.82) is 0 Å². The molecule has 0 unspecified atom stereocenters. The van der Waals surface area contributed by atoms with E-state index in [-0.39, 0.29) is 5.91 Å². The topological polar surface area (TPSA) is 63.9 Å². The number of nitrogens with one attached hydrogen (secondary N) is 1. The fraction of sp³-hybridized carbons (Fsp3) is 0.348. The monoisotopic (exact) mass is 394 g/mol. The van der Waals surface area contributed by atoms with Crippen LogP contribution in [-0.4, -0.2) is 44.2 Å². The van der Waals surface area contributed by atoms with Crippen LogP contribution in [0.4, 0.5) is 0 Å². The second-order valence-electron chi connectivity index (χ2n) is 7.26. The van der Waals surface area contributed by atoms with Crippen molar-refractivity contribution < 1.29 is 18.7 Å². The largest absolute Gasteiger partial charge is 0.497 e. The molecule has 0 saturated carbocycles. The molecule has 0 aliphatic carbocycles. The Labute approximate surface area is 170 Å². The molecule has 1 N–H and O–H groups in total. The van der Waals surface area contributed by atoms with Gasteiger partial charge in [0.2, 0.25) is 0 Å². The Morgan fingerprint density at radius 3 is 2.66 bits per heavy atom. The molecule has 152 valence electrons. The summed E-state index contributed by atoms with van der Waals surface area (Å²) in [6.07, 6.45) is 0. The second-order valence-corrected chi connectivity index (χ2v) is 7.26. The van der Waals surface area contributed by atoms with E-state index in [0.29, 0.717) is 17.9 Å². The maximum absolute atomic E-state index is 12.8. The van der Waals surface area contributed by atoms with Gasteiger partial charge in [-0.15, -0.1) is 0 Å². The smallest absolute Gasteiger partial charge is 0.287 e. The highest BCUT2D eigenvalue weighted by Gasteiger charge is 2.19. The third-order valence-corrected chi connectivity index (χ3v) is 5.41. The van der Waals surface area contributed by atoms with Gasteiger partial charge in [-0.1, -0.05) is 24.3 Å². The number of carbonyl (C=O) groups excluding carboxylic acids is 1. The van der Waals surface area contributed by atoms with Crippen LogP contribution in [0.5, 0.6) is 5.75 Å². The van der Waals surface area contributed by atoms with Crippen LogP contribution in [0.1, 0.15) is 27.2 Å². The zero-order valence-corrected chi connectivity index (χ0v) is 16.9. The van der Waals surface area contributed by atoms with Gasteiger partial charge in [0.25, 0.3) is 5.91 Å². The number of amides is 1. The lowest BCUT2D eigenvalue weighted by molar-refractivity contribution is 0.0340. The summed E-state index contributed by atoms with van der Waals surface area (Å²) in [5.41, 5.74) is 3.84. The van der Waals surface area contributed by atoms with E-state index >= 15 is 0 Å². The molecule has 1 fully saturated rings. The van der Waals surface area contributed by atoms with E-state index in [9.17, 15) is 4.79 Å². The van der Waals surface area contributed by atoms with Gasteiger partial charge < -0.3 is 19.2 Å². The van der Waals surface area contributed by atoms with Crippen LogP contribution in [-0.2, 0) is 17.8 Å². The third-order valence-electron chi connectivity index (χ3n) is 5.41. The van der Waals surface area contributed by atoms with Crippen LogP contribution in [0.15, 0.2) is 46.9 Å². The lowest BCUT2D eigenvalue weighted by Gasteiger charge is -2.27. The maximum atomic E-state index is 12.8. The van der Waals surface area contributed by atoms with Crippen molar-refractivity contribution in [1.82, 2.24) is 10.2 Å². The molecule has 0 spiro atoms. The molecule has 6 nitrogen and oxygen atoms in total. The quantitative estimate of drug-likeness (QED) is 0.693. The fourth-order valence-corrected chi connectivity index (χ4v) is 3.68. The number of hydrogen-bond acceptors (Lipinski definition) is 5. The van der Waals surface area contributed by atoms with Crippen molar-refractivity contribution in [3.63, 3.8) is 0 Å². The zero-order chi connectivity index (χ0) is 20.2. The molecular formula is C23H26N2O4. The van der Waals surface area contributed by atoms with E-state index in [1.807, 2.05) is 37.3 Å². The van der Waals surface area contributed by atoms with Crippen LogP contribution < -0.4 is 10.1 Å². The van der Waals surface area contributed by atoms with Crippen molar-refractivity contribution in [2.24, 2.45) is 0 Å². The number of carbonyl (C=O) groups is 1. The first-order valence-electron chi connectivity index (χ1n) is 9.88. The Morgan fingerprint density at radius 1 is 1.14 bits per heavy atom. The number of fused-ring (bicyclic) bond motifs is 1. The Kier molecular flexibility index (Phi) is 5.83. The Morgan fingerprint density at radius 2 is 1.90 bits per heavy atom. The fourth-order valence-electron chi connectivity index (χ4n) is 3.68. The van der Waals surface area contributed by atoms with Gasteiger partial charge in [0.1, 0.15) is 11.3 Å². The summed E-state index contributed by atoms with van der Waals surface area (Å²) in [7, 11) is 1.62. The second kappa shape index (κ2) is 8.68. The maximum Gasteiger partial charge on any atom is 0.287 e. The van der Waals surface area contributed by atoms with Crippen LogP contribution in [0, 0.1) is 6.92 Å². The van der Waals surface area contributed by atoms with E-state index in [4.69, 9.17) is 13.9 Å². The molecular weight excluding hydrogens is 368 g/mol. The van der Waals surface area contributed by atoms with Gasteiger partial charge in [0.15, 0.2) is 5.76 Å². The van der Waals surface area contributed by atoms with Crippen molar-refractivity contribution >= 4 is 16.9 Å². The highest BCUT2D eigenvalue weighted by molar-refractivity contribution is 5.99. The van der Waals surface area contributed by atoms with Gasteiger partial charge in [-0.25, -0.2) is 0 Å². The molecule has 1 aliphatic rings. The Bertz CT molecular complexity index is 1010. The zero-order valence-electron chi connectivity index (χ0n) is 16.9. The molecule has 1 aliphatic heterocycles. The van der Waals surface area contributed by atoms with Crippen molar-refractivity contribution in [2.45, 2.75) is 20.0 Å².